The summed E-state index contributed by atoms with van der Waals surface area (Å²) in [5, 5.41) is 10.9. The Morgan fingerprint density at radius 3 is 2.82 bits per heavy atom. The van der Waals surface area contributed by atoms with Gasteiger partial charge < -0.3 is 13.9 Å². The van der Waals surface area contributed by atoms with Crippen LogP contribution in [0.4, 0.5) is 0 Å². The lowest BCUT2D eigenvalue weighted by Gasteiger charge is -2.14. The van der Waals surface area contributed by atoms with Crippen LogP contribution in [0, 0.1) is 0 Å². The number of halogens is 1. The van der Waals surface area contributed by atoms with Gasteiger partial charge in [0.15, 0.2) is 16.7 Å². The van der Waals surface area contributed by atoms with Crippen molar-refractivity contribution in [3.8, 4) is 17.1 Å². The summed E-state index contributed by atoms with van der Waals surface area (Å²) in [6.07, 6.45) is 2.14. The van der Waals surface area contributed by atoms with Crippen LogP contribution in [0.3, 0.4) is 0 Å². The van der Waals surface area contributed by atoms with Crippen LogP contribution >= 0.6 is 23.4 Å². The molecule has 0 bridgehead atoms. The Hall–Kier alpha value is -2.81. The number of benzene rings is 2. The fraction of sp³-hybridized carbons (Fsp3) is 0.292. The third-order valence-corrected chi connectivity index (χ3v) is 6.76. The lowest BCUT2D eigenvalue weighted by molar-refractivity contribution is 0.0953. The predicted molar refractivity (Wildman–Crippen MR) is 127 cm³/mol. The van der Waals surface area contributed by atoms with E-state index in [0.29, 0.717) is 28.1 Å². The van der Waals surface area contributed by atoms with Gasteiger partial charge in [0.25, 0.3) is 0 Å². The predicted octanol–water partition coefficient (Wildman–Crippen LogP) is 5.51. The summed E-state index contributed by atoms with van der Waals surface area (Å²) in [5.41, 5.74) is 1.56. The molecule has 9 heteroatoms. The highest BCUT2D eigenvalue weighted by Crippen LogP contribution is 2.29. The number of carbonyl (C=O) groups is 1. The maximum atomic E-state index is 12.8. The van der Waals surface area contributed by atoms with E-state index in [9.17, 15) is 4.79 Å². The largest absolute Gasteiger partial charge is 0.497 e. The molecular weight excluding hydrogens is 462 g/mol. The highest BCUT2D eigenvalue weighted by Gasteiger charge is 2.23. The molecule has 0 spiro atoms. The average molecular weight is 484 g/mol. The van der Waals surface area contributed by atoms with Gasteiger partial charge in [0.05, 0.1) is 25.5 Å². The van der Waals surface area contributed by atoms with Gasteiger partial charge in [-0.05, 0) is 61.4 Å². The van der Waals surface area contributed by atoms with Gasteiger partial charge in [-0.3, -0.25) is 9.36 Å². The minimum Gasteiger partial charge on any atom is -0.497 e. The van der Waals surface area contributed by atoms with Crippen molar-refractivity contribution in [3.63, 3.8) is 0 Å². The minimum atomic E-state index is -0.120. The summed E-state index contributed by atoms with van der Waals surface area (Å²) in [6, 6.07) is 14.7. The summed E-state index contributed by atoms with van der Waals surface area (Å²) < 4.78 is 18.9. The Morgan fingerprint density at radius 1 is 1.21 bits per heavy atom. The van der Waals surface area contributed by atoms with Crippen molar-refractivity contribution in [3.05, 3.63) is 59.3 Å². The lowest BCUT2D eigenvalue weighted by Crippen LogP contribution is -2.17. The normalized spacial score (nSPS) is 15.9. The maximum absolute atomic E-state index is 12.8. The molecule has 0 aliphatic carbocycles. The van der Waals surface area contributed by atoms with Crippen molar-refractivity contribution in [2.75, 3.05) is 19.5 Å². The van der Waals surface area contributed by atoms with Crippen molar-refractivity contribution in [2.45, 2.75) is 30.6 Å². The number of ketones is 1. The van der Waals surface area contributed by atoms with Gasteiger partial charge in [-0.1, -0.05) is 23.4 Å². The number of rotatable bonds is 8. The van der Waals surface area contributed by atoms with Gasteiger partial charge in [0.2, 0.25) is 5.78 Å². The highest BCUT2D eigenvalue weighted by atomic mass is 35.5. The van der Waals surface area contributed by atoms with E-state index >= 15 is 0 Å². The Kier molecular flexibility index (Phi) is 6.39. The molecule has 0 saturated carbocycles. The third-order valence-electron chi connectivity index (χ3n) is 5.56. The number of Topliss-reactive ketones (excluding diaryl/α,β-unsaturated/α-hetero) is 1. The van der Waals surface area contributed by atoms with Crippen molar-refractivity contribution in [1.29, 1.82) is 0 Å². The number of ether oxygens (including phenoxy) is 2. The Balaban J connectivity index is 1.37. The fourth-order valence-electron chi connectivity index (χ4n) is 3.86. The smallest absolute Gasteiger partial charge is 0.208 e. The van der Waals surface area contributed by atoms with E-state index in [4.69, 9.17) is 25.5 Å². The summed E-state index contributed by atoms with van der Waals surface area (Å²) >= 11 is 7.38. The van der Waals surface area contributed by atoms with Crippen LogP contribution < -0.4 is 4.74 Å². The van der Waals surface area contributed by atoms with Crippen LogP contribution in [-0.2, 0) is 11.3 Å². The molecule has 5 rings (SSSR count). The van der Waals surface area contributed by atoms with E-state index in [2.05, 4.69) is 10.2 Å². The molecule has 2 aromatic carbocycles. The van der Waals surface area contributed by atoms with Gasteiger partial charge in [-0.2, -0.15) is 0 Å². The molecule has 33 heavy (non-hydrogen) atoms. The Labute approximate surface area is 200 Å². The second-order valence-corrected chi connectivity index (χ2v) is 9.16. The minimum absolute atomic E-state index is 0.105. The van der Waals surface area contributed by atoms with E-state index in [1.54, 1.807) is 31.4 Å². The number of aromatic nitrogens is 3. The molecule has 1 fully saturated rings. The van der Waals surface area contributed by atoms with E-state index in [1.807, 2.05) is 28.8 Å². The number of hydrogen-bond acceptors (Lipinski definition) is 7. The van der Waals surface area contributed by atoms with Crippen LogP contribution in [0.5, 0.6) is 5.75 Å². The Bertz CT molecular complexity index is 1280. The number of furan rings is 1. The van der Waals surface area contributed by atoms with Crippen molar-refractivity contribution >= 4 is 40.1 Å². The van der Waals surface area contributed by atoms with Crippen molar-refractivity contribution < 1.29 is 18.7 Å². The SMILES string of the molecule is COc1ccc(-c2nnc(SCC(=O)c3cc4cc(Cl)ccc4o3)n2CC2CCCO2)cc1. The van der Waals surface area contributed by atoms with Crippen LogP contribution in [0.2, 0.25) is 5.02 Å². The third kappa shape index (κ3) is 4.78. The molecule has 4 aromatic rings. The quantitative estimate of drug-likeness (QED) is 0.241. The number of carbonyl (C=O) groups excluding carboxylic acids is 1. The monoisotopic (exact) mass is 483 g/mol. The zero-order valence-corrected chi connectivity index (χ0v) is 19.6. The van der Waals surface area contributed by atoms with Gasteiger partial charge >= 0.3 is 0 Å². The molecule has 1 atom stereocenters. The Morgan fingerprint density at radius 2 is 2.06 bits per heavy atom. The number of methoxy groups -OCH3 is 1. The molecular formula is C24H22ClN3O4S. The summed E-state index contributed by atoms with van der Waals surface area (Å²) in [5.74, 6) is 1.88. The van der Waals surface area contributed by atoms with E-state index in [0.717, 1.165) is 42.0 Å². The van der Waals surface area contributed by atoms with E-state index in [1.165, 1.54) is 11.8 Å². The first-order valence-electron chi connectivity index (χ1n) is 10.6. The number of nitrogens with zero attached hydrogens (tertiary/aromatic N) is 3. The second kappa shape index (κ2) is 9.59. The van der Waals surface area contributed by atoms with Crippen LogP contribution in [0.1, 0.15) is 23.4 Å². The molecule has 0 amide bonds. The van der Waals surface area contributed by atoms with E-state index in [-0.39, 0.29) is 17.6 Å². The van der Waals surface area contributed by atoms with Crippen molar-refractivity contribution in [2.24, 2.45) is 0 Å². The second-order valence-electron chi connectivity index (χ2n) is 7.78. The lowest BCUT2D eigenvalue weighted by atomic mass is 10.2. The fourth-order valence-corrected chi connectivity index (χ4v) is 4.86. The summed E-state index contributed by atoms with van der Waals surface area (Å²) in [6.45, 7) is 1.40. The molecule has 0 radical (unpaired) electrons. The highest BCUT2D eigenvalue weighted by molar-refractivity contribution is 7.99. The zero-order chi connectivity index (χ0) is 22.8. The first-order valence-corrected chi connectivity index (χ1v) is 12.0. The number of thioether (sulfide) groups is 1. The topological polar surface area (TPSA) is 79.4 Å². The first kappa shape index (κ1) is 22.0. The first-order chi connectivity index (χ1) is 16.1. The molecule has 2 aromatic heterocycles. The molecule has 1 aliphatic rings. The molecule has 0 N–H and O–H groups in total. The van der Waals surface area contributed by atoms with Gasteiger partial charge in [0, 0.05) is 22.6 Å². The molecule has 1 aliphatic heterocycles. The molecule has 170 valence electrons. The summed E-state index contributed by atoms with van der Waals surface area (Å²) in [4.78, 5) is 12.8. The van der Waals surface area contributed by atoms with Crippen LogP contribution in [-0.4, -0.2) is 46.1 Å². The summed E-state index contributed by atoms with van der Waals surface area (Å²) in [7, 11) is 1.64. The number of hydrogen-bond donors (Lipinski definition) is 0. The van der Waals surface area contributed by atoms with Crippen molar-refractivity contribution in [1.82, 2.24) is 14.8 Å². The maximum Gasteiger partial charge on any atom is 0.208 e. The van der Waals surface area contributed by atoms with Crippen LogP contribution in [0.25, 0.3) is 22.4 Å². The van der Waals surface area contributed by atoms with Crippen LogP contribution in [0.15, 0.2) is 58.1 Å². The standard InChI is InChI=1S/C24H22ClN3O4S/c1-30-18-7-4-15(5-8-18)23-26-27-24(28(23)13-19-3-2-10-31-19)33-14-20(29)22-12-16-11-17(25)6-9-21(16)32-22/h4-9,11-12,19H,2-3,10,13-14H2,1H3. The molecule has 1 unspecified atom stereocenters. The number of fused-ring (bicyclic) bond motifs is 1. The molecule has 1 saturated heterocycles. The van der Waals surface area contributed by atoms with Gasteiger partial charge in [-0.25, -0.2) is 0 Å². The zero-order valence-electron chi connectivity index (χ0n) is 18.0. The van der Waals surface area contributed by atoms with Gasteiger partial charge in [-0.15, -0.1) is 10.2 Å². The molecule has 7 nitrogen and oxygen atoms in total. The van der Waals surface area contributed by atoms with E-state index < -0.39 is 0 Å². The average Bonchev–Trinajstić information content (AvgIpc) is 3.58. The van der Waals surface area contributed by atoms with Gasteiger partial charge in [0.1, 0.15) is 11.3 Å². The molecule has 3 heterocycles.